The third-order valence-electron chi connectivity index (χ3n) is 5.47. The summed E-state index contributed by atoms with van der Waals surface area (Å²) in [5.74, 6) is -1.39. The molecule has 11 nitrogen and oxygen atoms in total. The first-order valence-electron chi connectivity index (χ1n) is 10.9. The quantitative estimate of drug-likeness (QED) is 0.327. The van der Waals surface area contributed by atoms with Crippen molar-refractivity contribution in [2.24, 2.45) is 0 Å². The highest BCUT2D eigenvalue weighted by molar-refractivity contribution is 5.99. The fourth-order valence-corrected chi connectivity index (χ4v) is 3.74. The number of carbonyl (C=O) groups is 3. The van der Waals surface area contributed by atoms with Crippen molar-refractivity contribution in [1.29, 1.82) is 0 Å². The summed E-state index contributed by atoms with van der Waals surface area (Å²) in [5.41, 5.74) is 6.76. The van der Waals surface area contributed by atoms with Crippen LogP contribution >= 0.6 is 0 Å². The lowest BCUT2D eigenvalue weighted by Crippen LogP contribution is -2.41. The lowest BCUT2D eigenvalue weighted by molar-refractivity contribution is -0.116. The van der Waals surface area contributed by atoms with Gasteiger partial charge in [0.15, 0.2) is 0 Å². The highest BCUT2D eigenvalue weighted by atomic mass is 16.2. The molecule has 0 bridgehead atoms. The van der Waals surface area contributed by atoms with Gasteiger partial charge >= 0.3 is 0 Å². The maximum Gasteiger partial charge on any atom is 0.297 e. The molecule has 0 aliphatic carbocycles. The molecule has 3 amide bonds. The minimum Gasteiger partial charge on any atom is -0.325 e. The molecule has 3 aromatic carbocycles. The second-order valence-corrected chi connectivity index (χ2v) is 7.80. The van der Waals surface area contributed by atoms with Gasteiger partial charge in [-0.2, -0.15) is 0 Å². The molecule has 11 heteroatoms. The monoisotopic (exact) mass is 481 g/mol. The Hall–Kier alpha value is -5.32. The van der Waals surface area contributed by atoms with Crippen molar-refractivity contribution in [2.45, 2.75) is 6.54 Å². The molecule has 0 atom stereocenters. The summed E-state index contributed by atoms with van der Waals surface area (Å²) in [6.07, 6.45) is 1.45. The summed E-state index contributed by atoms with van der Waals surface area (Å²) in [7, 11) is 0. The van der Waals surface area contributed by atoms with E-state index in [2.05, 4.69) is 26.4 Å². The zero-order valence-corrected chi connectivity index (χ0v) is 18.7. The molecular formula is C25H19N7O4. The predicted molar refractivity (Wildman–Crippen MR) is 131 cm³/mol. The first-order chi connectivity index (χ1) is 17.5. The minimum atomic E-state index is -0.517. The Morgan fingerprint density at radius 1 is 0.750 bits per heavy atom. The lowest BCUT2D eigenvalue weighted by Gasteiger charge is -2.12. The number of hydrogen-bond donors (Lipinski definition) is 3. The van der Waals surface area contributed by atoms with Crippen LogP contribution in [0.5, 0.6) is 0 Å². The Kier molecular flexibility index (Phi) is 5.93. The van der Waals surface area contributed by atoms with Crippen LogP contribution in [-0.2, 0) is 11.3 Å². The maximum absolute atomic E-state index is 12.9. The van der Waals surface area contributed by atoms with Crippen molar-refractivity contribution in [3.05, 3.63) is 107 Å². The molecule has 0 aliphatic heterocycles. The van der Waals surface area contributed by atoms with Crippen LogP contribution in [0.15, 0.2) is 90.0 Å². The second kappa shape index (κ2) is 9.50. The Labute approximate surface area is 203 Å². The van der Waals surface area contributed by atoms with Crippen LogP contribution in [0.3, 0.4) is 0 Å². The number of anilines is 1. The van der Waals surface area contributed by atoms with Crippen molar-refractivity contribution < 1.29 is 14.4 Å². The van der Waals surface area contributed by atoms with E-state index >= 15 is 0 Å². The second-order valence-electron chi connectivity index (χ2n) is 7.80. The molecule has 0 saturated heterocycles. The van der Waals surface area contributed by atoms with Crippen molar-refractivity contribution in [1.82, 2.24) is 30.0 Å². The van der Waals surface area contributed by atoms with Crippen molar-refractivity contribution in [3.8, 4) is 0 Å². The molecule has 178 valence electrons. The normalized spacial score (nSPS) is 10.8. The summed E-state index contributed by atoms with van der Waals surface area (Å²) in [6.45, 7) is -0.240. The number of hydrazine groups is 1. The SMILES string of the molecule is O=C(Cn1c(=O)c2nncn2c2ccccc21)Nc1ccc(C(=O)NNC(=O)c2ccccc2)cc1. The summed E-state index contributed by atoms with van der Waals surface area (Å²) < 4.78 is 2.92. The van der Waals surface area contributed by atoms with Crippen LogP contribution in [-0.4, -0.2) is 36.9 Å². The van der Waals surface area contributed by atoms with E-state index in [0.717, 1.165) is 0 Å². The first-order valence-corrected chi connectivity index (χ1v) is 10.9. The average molecular weight is 481 g/mol. The van der Waals surface area contributed by atoms with E-state index in [4.69, 9.17) is 0 Å². The molecule has 0 aliphatic rings. The highest BCUT2D eigenvalue weighted by Crippen LogP contribution is 2.14. The van der Waals surface area contributed by atoms with Crippen LogP contribution in [0.1, 0.15) is 20.7 Å². The average Bonchev–Trinajstić information content (AvgIpc) is 3.41. The molecular weight excluding hydrogens is 462 g/mol. The van der Waals surface area contributed by atoms with Gasteiger partial charge in [0.1, 0.15) is 12.9 Å². The number of benzene rings is 3. The molecule has 0 unspecified atom stereocenters. The topological polar surface area (TPSA) is 139 Å². The molecule has 5 rings (SSSR count). The van der Waals surface area contributed by atoms with Gasteiger partial charge in [-0.05, 0) is 48.5 Å². The van der Waals surface area contributed by atoms with Crippen LogP contribution in [0.2, 0.25) is 0 Å². The van der Waals surface area contributed by atoms with Gasteiger partial charge in [-0.15, -0.1) is 10.2 Å². The zero-order valence-electron chi connectivity index (χ0n) is 18.7. The number of hydrogen-bond acceptors (Lipinski definition) is 6. The number of nitrogens with zero attached hydrogens (tertiary/aromatic N) is 4. The van der Waals surface area contributed by atoms with Gasteiger partial charge in [0, 0.05) is 16.8 Å². The molecule has 3 N–H and O–H groups in total. The molecule has 2 aromatic heterocycles. The Bertz CT molecular complexity index is 1660. The van der Waals surface area contributed by atoms with Crippen LogP contribution in [0.25, 0.3) is 16.7 Å². The third-order valence-corrected chi connectivity index (χ3v) is 5.47. The summed E-state index contributed by atoms with van der Waals surface area (Å²) >= 11 is 0. The fourth-order valence-electron chi connectivity index (χ4n) is 3.74. The van der Waals surface area contributed by atoms with E-state index in [1.54, 1.807) is 59.0 Å². The number of nitrogens with one attached hydrogen (secondary N) is 3. The van der Waals surface area contributed by atoms with E-state index in [9.17, 15) is 19.2 Å². The molecule has 2 heterocycles. The highest BCUT2D eigenvalue weighted by Gasteiger charge is 2.15. The Morgan fingerprint density at radius 2 is 1.36 bits per heavy atom. The third kappa shape index (κ3) is 4.40. The van der Waals surface area contributed by atoms with Crippen LogP contribution < -0.4 is 21.7 Å². The molecule has 0 fully saturated rings. The van der Waals surface area contributed by atoms with Crippen molar-refractivity contribution in [2.75, 3.05) is 5.32 Å². The number of fused-ring (bicyclic) bond motifs is 3. The number of carbonyl (C=O) groups excluding carboxylic acids is 3. The molecule has 5 aromatic rings. The summed E-state index contributed by atoms with van der Waals surface area (Å²) in [6, 6.07) is 21.7. The largest absolute Gasteiger partial charge is 0.325 e. The first kappa shape index (κ1) is 22.5. The van der Waals surface area contributed by atoms with E-state index in [1.165, 1.54) is 23.0 Å². The van der Waals surface area contributed by atoms with Gasteiger partial charge in [0.2, 0.25) is 11.6 Å². The Morgan fingerprint density at radius 3 is 2.06 bits per heavy atom. The number of amides is 3. The van der Waals surface area contributed by atoms with E-state index in [1.807, 2.05) is 12.1 Å². The van der Waals surface area contributed by atoms with Crippen molar-refractivity contribution >= 4 is 40.1 Å². The number of aromatic nitrogens is 4. The predicted octanol–water partition coefficient (Wildman–Crippen LogP) is 1.76. The number of rotatable bonds is 5. The van der Waals surface area contributed by atoms with E-state index in [-0.39, 0.29) is 17.8 Å². The van der Waals surface area contributed by atoms with Gasteiger partial charge in [-0.1, -0.05) is 30.3 Å². The van der Waals surface area contributed by atoms with Gasteiger partial charge < -0.3 is 5.32 Å². The smallest absolute Gasteiger partial charge is 0.297 e. The Balaban J connectivity index is 1.25. The molecule has 36 heavy (non-hydrogen) atoms. The fraction of sp³-hybridized carbons (Fsp3) is 0.0400. The van der Waals surface area contributed by atoms with Gasteiger partial charge in [0.25, 0.3) is 17.4 Å². The standard InChI is InChI=1S/C25H19N7O4/c33-21(14-31-19-8-4-5-9-20(19)32-15-26-28-22(32)25(31)36)27-18-12-10-17(11-13-18)24(35)30-29-23(34)16-6-2-1-3-7-16/h1-13,15H,14H2,(H,27,33)(H,29,34)(H,30,35). The van der Waals surface area contributed by atoms with Crippen molar-refractivity contribution in [3.63, 3.8) is 0 Å². The zero-order chi connectivity index (χ0) is 25.1. The number of para-hydroxylation sites is 2. The molecule has 0 spiro atoms. The van der Waals surface area contributed by atoms with Crippen LogP contribution in [0, 0.1) is 0 Å². The molecule has 0 radical (unpaired) electrons. The maximum atomic E-state index is 12.9. The summed E-state index contributed by atoms with van der Waals surface area (Å²) in [5, 5.41) is 10.4. The summed E-state index contributed by atoms with van der Waals surface area (Å²) in [4.78, 5) is 50.0. The van der Waals surface area contributed by atoms with Gasteiger partial charge in [-0.25, -0.2) is 0 Å². The van der Waals surface area contributed by atoms with E-state index in [0.29, 0.717) is 22.3 Å². The van der Waals surface area contributed by atoms with Gasteiger partial charge in [0.05, 0.1) is 11.0 Å². The van der Waals surface area contributed by atoms with Crippen LogP contribution in [0.4, 0.5) is 5.69 Å². The molecule has 0 saturated carbocycles. The minimum absolute atomic E-state index is 0.122. The lowest BCUT2D eigenvalue weighted by atomic mass is 10.2. The van der Waals surface area contributed by atoms with Gasteiger partial charge in [-0.3, -0.25) is 39.0 Å². The van der Waals surface area contributed by atoms with E-state index < -0.39 is 23.3 Å².